The lowest BCUT2D eigenvalue weighted by atomic mass is 9.96. The Morgan fingerprint density at radius 2 is 1.80 bits per heavy atom. The van der Waals surface area contributed by atoms with E-state index in [-0.39, 0.29) is 11.6 Å². The maximum Gasteiger partial charge on any atom is 0.305 e. The van der Waals surface area contributed by atoms with E-state index < -0.39 is 0 Å². The third-order valence-corrected chi connectivity index (χ3v) is 4.88. The van der Waals surface area contributed by atoms with Crippen LogP contribution in [-0.4, -0.2) is 10.6 Å². The molecule has 1 heterocycles. The van der Waals surface area contributed by atoms with Crippen molar-refractivity contribution in [1.82, 2.24) is 4.57 Å². The van der Waals surface area contributed by atoms with Gasteiger partial charge in [-0.1, -0.05) is 49.1 Å². The summed E-state index contributed by atoms with van der Waals surface area (Å²) >= 11 is 6.07. The number of benzene rings is 2. The van der Waals surface area contributed by atoms with Crippen LogP contribution in [0.15, 0.2) is 62.7 Å². The smallest absolute Gasteiger partial charge is 0.305 e. The highest BCUT2D eigenvalue weighted by molar-refractivity contribution is 6.31. The third kappa shape index (κ3) is 3.27. The van der Waals surface area contributed by atoms with Crippen LogP contribution >= 0.6 is 11.6 Å². The fourth-order valence-electron chi connectivity index (χ4n) is 3.36. The van der Waals surface area contributed by atoms with Gasteiger partial charge in [-0.15, -0.1) is 0 Å². The molecule has 128 valence electrons. The van der Waals surface area contributed by atoms with Gasteiger partial charge >= 0.3 is 5.68 Å². The summed E-state index contributed by atoms with van der Waals surface area (Å²) in [6, 6.07) is 14.8. The Labute approximate surface area is 150 Å². The van der Waals surface area contributed by atoms with Crippen LogP contribution in [0.5, 0.6) is 0 Å². The highest BCUT2D eigenvalue weighted by atomic mass is 35.5. The van der Waals surface area contributed by atoms with Crippen molar-refractivity contribution in [2.75, 3.05) is 0 Å². The highest BCUT2D eigenvalue weighted by Crippen LogP contribution is 2.20. The zero-order valence-electron chi connectivity index (χ0n) is 13.8. The van der Waals surface area contributed by atoms with Crippen LogP contribution < -0.4 is 11.2 Å². The maximum absolute atomic E-state index is 13.1. The molecule has 0 atom stereocenters. The van der Waals surface area contributed by atoms with Crippen molar-refractivity contribution < 1.29 is 4.42 Å². The first-order chi connectivity index (χ1) is 12.2. The average Bonchev–Trinajstić information content (AvgIpc) is 2.64. The standard InChI is InChI=1S/C20H19ClN2O2/c21-14-11-12-18-17(13-14)19(24)23(16-9-5-2-6-10-16)20(25-18)22-15-7-3-1-4-8-15/h2,5-6,9-13,15H,1,3-4,7-8H2. The first-order valence-electron chi connectivity index (χ1n) is 8.67. The number of fused-ring (bicyclic) bond motifs is 1. The molecular formula is C20H19ClN2O2. The molecule has 4 nitrogen and oxygen atoms in total. The number of nitrogens with zero attached hydrogens (tertiary/aromatic N) is 2. The lowest BCUT2D eigenvalue weighted by molar-refractivity contribution is 0.400. The summed E-state index contributed by atoms with van der Waals surface area (Å²) in [6.07, 6.45) is 5.68. The average molecular weight is 355 g/mol. The van der Waals surface area contributed by atoms with E-state index in [0.717, 1.165) is 18.5 Å². The van der Waals surface area contributed by atoms with Gasteiger partial charge in [0.25, 0.3) is 5.56 Å². The quantitative estimate of drug-likeness (QED) is 0.681. The minimum absolute atomic E-state index is 0.162. The van der Waals surface area contributed by atoms with Gasteiger partial charge in [0.15, 0.2) is 0 Å². The number of hydrogen-bond acceptors (Lipinski definition) is 3. The molecule has 4 rings (SSSR count). The van der Waals surface area contributed by atoms with E-state index in [2.05, 4.69) is 0 Å². The predicted octanol–water partition coefficient (Wildman–Crippen LogP) is 4.47. The highest BCUT2D eigenvalue weighted by Gasteiger charge is 2.15. The lowest BCUT2D eigenvalue weighted by Crippen LogP contribution is -2.33. The van der Waals surface area contributed by atoms with Crippen molar-refractivity contribution in [3.63, 3.8) is 0 Å². The van der Waals surface area contributed by atoms with Crippen LogP contribution in [0.2, 0.25) is 5.02 Å². The molecule has 0 radical (unpaired) electrons. The topological polar surface area (TPSA) is 47.5 Å². The Kier molecular flexibility index (Phi) is 4.45. The largest absolute Gasteiger partial charge is 0.425 e. The van der Waals surface area contributed by atoms with E-state index in [1.165, 1.54) is 19.3 Å². The van der Waals surface area contributed by atoms with Gasteiger partial charge in [-0.3, -0.25) is 4.79 Å². The molecule has 1 aliphatic rings. The van der Waals surface area contributed by atoms with Gasteiger partial charge in [0.05, 0.1) is 17.1 Å². The summed E-state index contributed by atoms with van der Waals surface area (Å²) < 4.78 is 7.57. The molecule has 25 heavy (non-hydrogen) atoms. The van der Waals surface area contributed by atoms with E-state index in [1.54, 1.807) is 22.8 Å². The Bertz CT molecular complexity index is 1020. The van der Waals surface area contributed by atoms with E-state index >= 15 is 0 Å². The van der Waals surface area contributed by atoms with Crippen molar-refractivity contribution in [3.8, 4) is 5.69 Å². The van der Waals surface area contributed by atoms with E-state index in [0.29, 0.717) is 21.7 Å². The molecule has 0 saturated heterocycles. The number of rotatable bonds is 2. The minimum atomic E-state index is -0.162. The molecule has 0 aliphatic heterocycles. The molecule has 0 N–H and O–H groups in total. The molecule has 3 aromatic rings. The van der Waals surface area contributed by atoms with Gasteiger partial charge in [0, 0.05) is 5.02 Å². The molecule has 0 bridgehead atoms. The fraction of sp³-hybridized carbons (Fsp3) is 0.300. The second kappa shape index (κ2) is 6.89. The summed E-state index contributed by atoms with van der Waals surface area (Å²) in [5.41, 5.74) is 1.45. The van der Waals surface area contributed by atoms with E-state index in [4.69, 9.17) is 21.0 Å². The summed E-state index contributed by atoms with van der Waals surface area (Å²) in [6.45, 7) is 0. The molecule has 2 aromatic carbocycles. The zero-order chi connectivity index (χ0) is 17.2. The van der Waals surface area contributed by atoms with Crippen molar-refractivity contribution in [2.24, 2.45) is 4.99 Å². The van der Waals surface area contributed by atoms with Gasteiger partial charge in [-0.2, -0.15) is 0 Å². The predicted molar refractivity (Wildman–Crippen MR) is 99.3 cm³/mol. The SMILES string of the molecule is O=c1c2cc(Cl)ccc2oc(=NC2CCCCC2)n1-c1ccccc1. The van der Waals surface area contributed by atoms with Crippen LogP contribution in [0.25, 0.3) is 16.7 Å². The van der Waals surface area contributed by atoms with Crippen molar-refractivity contribution >= 4 is 22.6 Å². The molecule has 1 fully saturated rings. The minimum Gasteiger partial charge on any atom is -0.425 e. The normalized spacial score (nSPS) is 16.4. The summed E-state index contributed by atoms with van der Waals surface area (Å²) in [5, 5.41) is 0.968. The Morgan fingerprint density at radius 3 is 2.56 bits per heavy atom. The molecule has 0 spiro atoms. The second-order valence-corrected chi connectivity index (χ2v) is 6.86. The zero-order valence-corrected chi connectivity index (χ0v) is 14.6. The van der Waals surface area contributed by atoms with Gasteiger partial charge in [-0.05, 0) is 43.2 Å². The van der Waals surface area contributed by atoms with Crippen molar-refractivity contribution in [1.29, 1.82) is 0 Å². The van der Waals surface area contributed by atoms with Crippen molar-refractivity contribution in [2.45, 2.75) is 38.1 Å². The molecule has 0 unspecified atom stereocenters. The van der Waals surface area contributed by atoms with Gasteiger partial charge < -0.3 is 4.42 Å². The first kappa shape index (κ1) is 16.2. The van der Waals surface area contributed by atoms with Gasteiger partial charge in [-0.25, -0.2) is 9.56 Å². The molecule has 1 saturated carbocycles. The van der Waals surface area contributed by atoms with Crippen LogP contribution in [-0.2, 0) is 0 Å². The maximum atomic E-state index is 13.1. The summed E-state index contributed by atoms with van der Waals surface area (Å²) in [4.78, 5) is 17.9. The Balaban J connectivity index is 2.01. The number of halogens is 1. The van der Waals surface area contributed by atoms with Crippen LogP contribution in [0.3, 0.4) is 0 Å². The monoisotopic (exact) mass is 354 g/mol. The summed E-state index contributed by atoms with van der Waals surface area (Å²) in [5.74, 6) is 0. The molecular weight excluding hydrogens is 336 g/mol. The number of hydrogen-bond donors (Lipinski definition) is 0. The lowest BCUT2D eigenvalue weighted by Gasteiger charge is -2.17. The van der Waals surface area contributed by atoms with Gasteiger partial charge in [0.2, 0.25) is 0 Å². The Morgan fingerprint density at radius 1 is 1.04 bits per heavy atom. The van der Waals surface area contributed by atoms with Crippen molar-refractivity contribution in [3.05, 3.63) is 69.6 Å². The Hall–Kier alpha value is -2.33. The number of para-hydroxylation sites is 1. The van der Waals surface area contributed by atoms with E-state index in [9.17, 15) is 4.79 Å². The van der Waals surface area contributed by atoms with Crippen LogP contribution in [0.1, 0.15) is 32.1 Å². The molecule has 5 heteroatoms. The van der Waals surface area contributed by atoms with Crippen LogP contribution in [0.4, 0.5) is 0 Å². The van der Waals surface area contributed by atoms with Gasteiger partial charge in [0.1, 0.15) is 5.58 Å². The molecule has 0 amide bonds. The fourth-order valence-corrected chi connectivity index (χ4v) is 3.54. The molecule has 1 aromatic heterocycles. The number of aromatic nitrogens is 1. The summed E-state index contributed by atoms with van der Waals surface area (Å²) in [7, 11) is 0. The van der Waals surface area contributed by atoms with E-state index in [1.807, 2.05) is 30.3 Å². The molecule has 1 aliphatic carbocycles. The first-order valence-corrected chi connectivity index (χ1v) is 9.05. The third-order valence-electron chi connectivity index (χ3n) is 4.65. The van der Waals surface area contributed by atoms with Crippen LogP contribution in [0, 0.1) is 0 Å². The second-order valence-electron chi connectivity index (χ2n) is 6.42.